The van der Waals surface area contributed by atoms with Gasteiger partial charge in [-0.3, -0.25) is 9.59 Å². The molecule has 4 aromatic rings. The number of nitrogens with zero attached hydrogens (tertiary/aromatic N) is 2. The number of nitrogens with one attached hydrogen (secondary N) is 1. The normalized spacial score (nSPS) is 12.3. The van der Waals surface area contributed by atoms with Crippen molar-refractivity contribution in [1.82, 2.24) is 14.5 Å². The van der Waals surface area contributed by atoms with Crippen LogP contribution in [0.5, 0.6) is 0 Å². The summed E-state index contributed by atoms with van der Waals surface area (Å²) in [7, 11) is -2.66. The number of carbonyl (C=O) groups is 2. The lowest BCUT2D eigenvalue weighted by atomic mass is 10.0. The highest BCUT2D eigenvalue weighted by molar-refractivity contribution is 7.89. The lowest BCUT2D eigenvalue weighted by Crippen LogP contribution is -2.53. The van der Waals surface area contributed by atoms with E-state index < -0.39 is 28.5 Å². The highest BCUT2D eigenvalue weighted by Crippen LogP contribution is 2.25. The highest BCUT2D eigenvalue weighted by Gasteiger charge is 2.33. The molecule has 4 rings (SSSR count). The zero-order valence-corrected chi connectivity index (χ0v) is 25.1. The Hall–Kier alpha value is -3.43. The third-order valence-electron chi connectivity index (χ3n) is 6.76. The number of hydrogen-bond donors (Lipinski definition) is 1. The molecule has 0 aromatic heterocycles. The predicted molar refractivity (Wildman–Crippen MR) is 163 cm³/mol. The Bertz CT molecular complexity index is 1650. The molecular formula is C31H31Cl2N3O4S. The quantitative estimate of drug-likeness (QED) is 0.241. The first kappa shape index (κ1) is 30.5. The van der Waals surface area contributed by atoms with E-state index in [-0.39, 0.29) is 23.8 Å². The largest absolute Gasteiger partial charge is 0.355 e. The number of rotatable bonds is 11. The molecule has 1 N–H and O–H groups in total. The maximum Gasteiger partial charge on any atom is 0.243 e. The van der Waals surface area contributed by atoms with E-state index >= 15 is 0 Å². The monoisotopic (exact) mass is 611 g/mol. The van der Waals surface area contributed by atoms with Gasteiger partial charge in [0, 0.05) is 36.6 Å². The first-order valence-electron chi connectivity index (χ1n) is 13.1. The predicted octanol–water partition coefficient (Wildman–Crippen LogP) is 5.54. The summed E-state index contributed by atoms with van der Waals surface area (Å²) in [6.45, 7) is 1.66. The summed E-state index contributed by atoms with van der Waals surface area (Å²) >= 11 is 12.5. The number of sulfonamides is 1. The van der Waals surface area contributed by atoms with Gasteiger partial charge in [-0.2, -0.15) is 4.31 Å². The molecule has 1 atom stereocenters. The molecule has 4 aromatic carbocycles. The van der Waals surface area contributed by atoms with E-state index in [9.17, 15) is 18.0 Å². The minimum absolute atomic E-state index is 0.0205. The van der Waals surface area contributed by atoms with E-state index in [1.807, 2.05) is 54.6 Å². The average Bonchev–Trinajstić information content (AvgIpc) is 2.96. The van der Waals surface area contributed by atoms with Crippen molar-refractivity contribution in [3.63, 3.8) is 0 Å². The van der Waals surface area contributed by atoms with Gasteiger partial charge in [-0.1, -0.05) is 89.9 Å². The lowest BCUT2D eigenvalue weighted by Gasteiger charge is -2.33. The van der Waals surface area contributed by atoms with Gasteiger partial charge in [-0.05, 0) is 53.1 Å². The molecule has 0 unspecified atom stereocenters. The molecule has 0 fully saturated rings. The van der Waals surface area contributed by atoms with Crippen molar-refractivity contribution < 1.29 is 18.0 Å². The number of likely N-dealkylation sites (N-methyl/N-ethyl adjacent to an activating group) is 2. The number of halogens is 2. The molecular weight excluding hydrogens is 581 g/mol. The molecule has 0 heterocycles. The van der Waals surface area contributed by atoms with Crippen LogP contribution in [0.4, 0.5) is 0 Å². The third-order valence-corrected chi connectivity index (χ3v) is 9.15. The van der Waals surface area contributed by atoms with Gasteiger partial charge < -0.3 is 10.2 Å². The standard InChI is InChI=1S/C31H31Cl2N3O4S/c1-3-34-31(38)29(17-22-9-5-4-6-10-22)36(20-25-13-15-26(32)19-28(25)33)30(37)21-35(2)41(39,40)27-16-14-23-11-7-8-12-24(23)18-27/h4-16,18-19,29H,3,17,20-21H2,1-2H3,(H,34,38)/t29-/m1/s1. The fourth-order valence-electron chi connectivity index (χ4n) is 4.55. The van der Waals surface area contributed by atoms with Crippen molar-refractivity contribution in [1.29, 1.82) is 0 Å². The van der Waals surface area contributed by atoms with Crippen LogP contribution in [0.3, 0.4) is 0 Å². The Labute approximate surface area is 250 Å². The second-order valence-corrected chi connectivity index (χ2v) is 12.5. The van der Waals surface area contributed by atoms with Crippen LogP contribution in [0.1, 0.15) is 18.1 Å². The van der Waals surface area contributed by atoms with Crippen LogP contribution in [0.25, 0.3) is 10.8 Å². The summed E-state index contributed by atoms with van der Waals surface area (Å²) in [5.41, 5.74) is 1.42. The summed E-state index contributed by atoms with van der Waals surface area (Å²) in [6.07, 6.45) is 0.227. The summed E-state index contributed by atoms with van der Waals surface area (Å²) < 4.78 is 28.0. The molecule has 0 aliphatic heterocycles. The van der Waals surface area contributed by atoms with Crippen LogP contribution >= 0.6 is 23.2 Å². The molecule has 2 amide bonds. The van der Waals surface area contributed by atoms with E-state index in [2.05, 4.69) is 5.32 Å². The van der Waals surface area contributed by atoms with Crippen LogP contribution in [0, 0.1) is 0 Å². The molecule has 0 saturated carbocycles. The van der Waals surface area contributed by atoms with Crippen molar-refractivity contribution in [2.75, 3.05) is 20.1 Å². The Morgan fingerprint density at radius 1 is 0.878 bits per heavy atom. The van der Waals surface area contributed by atoms with E-state index in [0.717, 1.165) is 20.6 Å². The molecule has 41 heavy (non-hydrogen) atoms. The molecule has 0 aliphatic carbocycles. The zero-order valence-electron chi connectivity index (χ0n) is 22.8. The number of amides is 2. The number of fused-ring (bicyclic) bond motifs is 1. The van der Waals surface area contributed by atoms with Crippen molar-refractivity contribution in [3.05, 3.63) is 112 Å². The van der Waals surface area contributed by atoms with Crippen molar-refractivity contribution >= 4 is 55.8 Å². The van der Waals surface area contributed by atoms with Gasteiger partial charge in [0.15, 0.2) is 0 Å². The molecule has 0 spiro atoms. The number of carbonyl (C=O) groups excluding carboxylic acids is 2. The van der Waals surface area contributed by atoms with Crippen LogP contribution in [0.2, 0.25) is 10.0 Å². The fraction of sp³-hybridized carbons (Fsp3) is 0.226. The van der Waals surface area contributed by atoms with Crippen LogP contribution < -0.4 is 5.32 Å². The van der Waals surface area contributed by atoms with E-state index in [1.54, 1.807) is 37.3 Å². The second kappa shape index (κ2) is 13.5. The molecule has 10 heteroatoms. The van der Waals surface area contributed by atoms with Crippen molar-refractivity contribution in [3.8, 4) is 0 Å². The van der Waals surface area contributed by atoms with Gasteiger partial charge in [0.25, 0.3) is 0 Å². The van der Waals surface area contributed by atoms with E-state index in [0.29, 0.717) is 22.2 Å². The van der Waals surface area contributed by atoms with E-state index in [4.69, 9.17) is 23.2 Å². The molecule has 7 nitrogen and oxygen atoms in total. The van der Waals surface area contributed by atoms with Crippen molar-refractivity contribution in [2.24, 2.45) is 0 Å². The second-order valence-electron chi connectivity index (χ2n) is 9.63. The number of benzene rings is 4. The first-order valence-corrected chi connectivity index (χ1v) is 15.3. The molecule has 0 saturated heterocycles. The Morgan fingerprint density at radius 2 is 1.56 bits per heavy atom. The summed E-state index contributed by atoms with van der Waals surface area (Å²) in [6, 6.07) is 25.6. The van der Waals surface area contributed by atoms with E-state index in [1.165, 1.54) is 18.0 Å². The highest BCUT2D eigenvalue weighted by atomic mass is 35.5. The third kappa shape index (κ3) is 7.45. The smallest absolute Gasteiger partial charge is 0.243 e. The lowest BCUT2D eigenvalue weighted by molar-refractivity contribution is -0.141. The van der Waals surface area contributed by atoms with Gasteiger partial charge in [-0.25, -0.2) is 8.42 Å². The summed E-state index contributed by atoms with van der Waals surface area (Å²) in [5, 5.41) is 5.26. The minimum Gasteiger partial charge on any atom is -0.355 e. The van der Waals surface area contributed by atoms with Gasteiger partial charge >= 0.3 is 0 Å². The topological polar surface area (TPSA) is 86.8 Å². The van der Waals surface area contributed by atoms with Gasteiger partial charge in [0.05, 0.1) is 11.4 Å². The minimum atomic E-state index is -4.02. The molecule has 0 aliphatic rings. The Kier molecular flexibility index (Phi) is 10.0. The van der Waals surface area contributed by atoms with Crippen LogP contribution in [-0.2, 0) is 32.6 Å². The first-order chi connectivity index (χ1) is 19.6. The van der Waals surface area contributed by atoms with Gasteiger partial charge in [-0.15, -0.1) is 0 Å². The Morgan fingerprint density at radius 3 is 2.24 bits per heavy atom. The maximum atomic E-state index is 13.9. The van der Waals surface area contributed by atoms with Crippen molar-refractivity contribution in [2.45, 2.75) is 30.8 Å². The SMILES string of the molecule is CCNC(=O)[C@@H](Cc1ccccc1)N(Cc1ccc(Cl)cc1Cl)C(=O)CN(C)S(=O)(=O)c1ccc2ccccc2c1. The summed E-state index contributed by atoms with van der Waals surface area (Å²) in [4.78, 5) is 28.8. The van der Waals surface area contributed by atoms with Crippen LogP contribution in [0.15, 0.2) is 95.9 Å². The van der Waals surface area contributed by atoms with Crippen LogP contribution in [-0.4, -0.2) is 55.6 Å². The molecule has 214 valence electrons. The molecule has 0 bridgehead atoms. The van der Waals surface area contributed by atoms with Gasteiger partial charge in [0.2, 0.25) is 21.8 Å². The van der Waals surface area contributed by atoms with Gasteiger partial charge in [0.1, 0.15) is 6.04 Å². The Balaban J connectivity index is 1.68. The summed E-state index contributed by atoms with van der Waals surface area (Å²) in [5.74, 6) is -0.898. The fourth-order valence-corrected chi connectivity index (χ4v) is 6.18. The number of hydrogen-bond acceptors (Lipinski definition) is 4. The maximum absolute atomic E-state index is 13.9. The average molecular weight is 613 g/mol. The zero-order chi connectivity index (χ0) is 29.6. The molecule has 0 radical (unpaired) electrons.